The summed E-state index contributed by atoms with van der Waals surface area (Å²) in [4.78, 5) is 0. The minimum atomic E-state index is -1.18. The molecule has 0 nitrogen and oxygen atoms in total. The predicted molar refractivity (Wildman–Crippen MR) is 41.1 cm³/mol. The minimum absolute atomic E-state index is 0.0457. The second-order valence-electron chi connectivity index (χ2n) is 2.42. The molecule has 0 atom stereocenters. The van der Waals surface area contributed by atoms with Gasteiger partial charge in [-0.25, -0.2) is 13.2 Å². The highest BCUT2D eigenvalue weighted by atomic mass is 19.2. The summed E-state index contributed by atoms with van der Waals surface area (Å²) in [5.74, 6) is -2.99. The van der Waals surface area contributed by atoms with Crippen LogP contribution in [0.25, 0.3) is 6.08 Å². The molecule has 0 aliphatic heterocycles. The molecule has 0 aliphatic rings. The molecule has 1 aromatic carbocycles. The Balaban J connectivity index is 3.51. The number of hydrogen-bond donors (Lipinski definition) is 0. The Kier molecular flexibility index (Phi) is 2.22. The van der Waals surface area contributed by atoms with E-state index in [4.69, 9.17) is 0 Å². The van der Waals surface area contributed by atoms with Crippen LogP contribution in [-0.4, -0.2) is 0 Å². The Morgan fingerprint density at radius 3 is 2.33 bits per heavy atom. The summed E-state index contributed by atoms with van der Waals surface area (Å²) in [6.45, 7) is 4.48. The molecule has 0 aliphatic carbocycles. The second-order valence-corrected chi connectivity index (χ2v) is 2.42. The van der Waals surface area contributed by atoms with Crippen LogP contribution in [0.2, 0.25) is 0 Å². The smallest absolute Gasteiger partial charge is 0.169 e. The largest absolute Gasteiger partial charge is 0.206 e. The molecule has 1 aromatic rings. The fourth-order valence-electron chi connectivity index (χ4n) is 0.914. The molecule has 3 heteroatoms. The van der Waals surface area contributed by atoms with Gasteiger partial charge in [0.15, 0.2) is 11.6 Å². The molecule has 12 heavy (non-hydrogen) atoms. The van der Waals surface area contributed by atoms with E-state index < -0.39 is 23.0 Å². The first kappa shape index (κ1) is 8.84. The van der Waals surface area contributed by atoms with Crippen molar-refractivity contribution in [3.05, 3.63) is 41.2 Å². The van der Waals surface area contributed by atoms with Gasteiger partial charge in [-0.2, -0.15) is 0 Å². The van der Waals surface area contributed by atoms with Crippen LogP contribution in [0.5, 0.6) is 0 Å². The Hall–Kier alpha value is -1.25. The van der Waals surface area contributed by atoms with E-state index in [0.717, 1.165) is 12.1 Å². The number of hydrogen-bond acceptors (Lipinski definition) is 0. The third kappa shape index (κ3) is 1.22. The van der Waals surface area contributed by atoms with Crippen LogP contribution in [-0.2, 0) is 0 Å². The lowest BCUT2D eigenvalue weighted by molar-refractivity contribution is 0.486. The van der Waals surface area contributed by atoms with Crippen molar-refractivity contribution in [3.63, 3.8) is 0 Å². The van der Waals surface area contributed by atoms with E-state index in [1.165, 1.54) is 6.92 Å². The summed E-state index contributed by atoms with van der Waals surface area (Å²) in [7, 11) is 0. The molecule has 0 N–H and O–H groups in total. The van der Waals surface area contributed by atoms with E-state index in [2.05, 4.69) is 6.58 Å². The van der Waals surface area contributed by atoms with E-state index in [0.29, 0.717) is 0 Å². The molecule has 0 radical (unpaired) electrons. The molecule has 0 saturated carbocycles. The van der Waals surface area contributed by atoms with Crippen molar-refractivity contribution in [2.75, 3.05) is 0 Å². The van der Waals surface area contributed by atoms with Crippen LogP contribution in [0.1, 0.15) is 11.1 Å². The Labute approximate surface area is 68.3 Å². The van der Waals surface area contributed by atoms with Gasteiger partial charge in [-0.15, -0.1) is 0 Å². The average Bonchev–Trinajstić information content (AvgIpc) is 2.01. The lowest BCUT2D eigenvalue weighted by Gasteiger charge is -2.02. The van der Waals surface area contributed by atoms with Gasteiger partial charge in [0.2, 0.25) is 0 Å². The maximum atomic E-state index is 12.8. The Morgan fingerprint density at radius 1 is 1.25 bits per heavy atom. The number of rotatable bonds is 1. The second kappa shape index (κ2) is 3.01. The van der Waals surface area contributed by atoms with Crippen molar-refractivity contribution in [3.8, 4) is 0 Å². The van der Waals surface area contributed by atoms with Crippen molar-refractivity contribution >= 4 is 6.08 Å². The molecule has 0 bridgehead atoms. The summed E-state index contributed by atoms with van der Waals surface area (Å²) < 4.78 is 38.4. The van der Waals surface area contributed by atoms with Crippen LogP contribution >= 0.6 is 0 Å². The molecule has 0 spiro atoms. The SMILES string of the molecule is C=Cc1c(F)cc(C)c(F)c1F. The lowest BCUT2D eigenvalue weighted by atomic mass is 10.1. The number of halogens is 3. The zero-order valence-corrected chi connectivity index (χ0v) is 6.50. The molecule has 1 rings (SSSR count). The van der Waals surface area contributed by atoms with E-state index >= 15 is 0 Å². The van der Waals surface area contributed by atoms with Crippen molar-refractivity contribution < 1.29 is 13.2 Å². The minimum Gasteiger partial charge on any atom is -0.206 e. The maximum absolute atomic E-state index is 12.8. The standard InChI is InChI=1S/C9H7F3/c1-3-6-7(10)4-5(2)8(11)9(6)12/h3-4H,1H2,2H3. The van der Waals surface area contributed by atoms with Crippen molar-refractivity contribution in [1.29, 1.82) is 0 Å². The highest BCUT2D eigenvalue weighted by Gasteiger charge is 2.13. The van der Waals surface area contributed by atoms with Gasteiger partial charge in [-0.1, -0.05) is 12.7 Å². The van der Waals surface area contributed by atoms with Crippen molar-refractivity contribution in [1.82, 2.24) is 0 Å². The Morgan fingerprint density at radius 2 is 1.83 bits per heavy atom. The lowest BCUT2D eigenvalue weighted by Crippen LogP contribution is -1.96. The predicted octanol–water partition coefficient (Wildman–Crippen LogP) is 3.06. The zero-order valence-electron chi connectivity index (χ0n) is 6.50. The monoisotopic (exact) mass is 172 g/mol. The van der Waals surface area contributed by atoms with E-state index in [1.54, 1.807) is 0 Å². The number of aryl methyl sites for hydroxylation is 1. The molecular formula is C9H7F3. The summed E-state index contributed by atoms with van der Waals surface area (Å²) in [6.07, 6.45) is 0.952. The zero-order chi connectivity index (χ0) is 9.30. The van der Waals surface area contributed by atoms with Gasteiger partial charge in [0.1, 0.15) is 5.82 Å². The first-order valence-electron chi connectivity index (χ1n) is 3.34. The van der Waals surface area contributed by atoms with Crippen LogP contribution < -0.4 is 0 Å². The maximum Gasteiger partial charge on any atom is 0.169 e. The van der Waals surface area contributed by atoms with Gasteiger partial charge in [0.05, 0.1) is 0 Å². The van der Waals surface area contributed by atoms with E-state index in [9.17, 15) is 13.2 Å². The molecular weight excluding hydrogens is 165 g/mol. The normalized spacial score (nSPS) is 10.0. The highest BCUT2D eigenvalue weighted by Crippen LogP contribution is 2.19. The van der Waals surface area contributed by atoms with Gasteiger partial charge < -0.3 is 0 Å². The number of benzene rings is 1. The molecule has 0 saturated heterocycles. The molecule has 0 unspecified atom stereocenters. The Bertz CT molecular complexity index is 329. The molecule has 0 amide bonds. The molecule has 0 fully saturated rings. The third-order valence-corrected chi connectivity index (χ3v) is 1.58. The van der Waals surface area contributed by atoms with Crippen molar-refractivity contribution in [2.45, 2.75) is 6.92 Å². The quantitative estimate of drug-likeness (QED) is 0.571. The first-order chi connectivity index (χ1) is 5.57. The summed E-state index contributed by atoms with van der Waals surface area (Å²) in [5.41, 5.74) is -0.464. The van der Waals surface area contributed by atoms with Crippen LogP contribution in [0.15, 0.2) is 12.6 Å². The fourth-order valence-corrected chi connectivity index (χ4v) is 0.914. The van der Waals surface area contributed by atoms with Gasteiger partial charge >= 0.3 is 0 Å². The van der Waals surface area contributed by atoms with Gasteiger partial charge in [-0.3, -0.25) is 0 Å². The average molecular weight is 172 g/mol. The molecule has 0 heterocycles. The topological polar surface area (TPSA) is 0 Å². The molecule has 0 aromatic heterocycles. The van der Waals surface area contributed by atoms with Crippen LogP contribution in [0, 0.1) is 24.4 Å². The first-order valence-corrected chi connectivity index (χ1v) is 3.34. The van der Waals surface area contributed by atoms with E-state index in [1.807, 2.05) is 0 Å². The van der Waals surface area contributed by atoms with Crippen molar-refractivity contribution in [2.24, 2.45) is 0 Å². The third-order valence-electron chi connectivity index (χ3n) is 1.58. The van der Waals surface area contributed by atoms with E-state index in [-0.39, 0.29) is 5.56 Å². The van der Waals surface area contributed by atoms with Crippen LogP contribution in [0.3, 0.4) is 0 Å². The summed E-state index contributed by atoms with van der Waals surface area (Å²) >= 11 is 0. The summed E-state index contributed by atoms with van der Waals surface area (Å²) in [5, 5.41) is 0. The van der Waals surface area contributed by atoms with Gasteiger partial charge in [-0.05, 0) is 18.6 Å². The van der Waals surface area contributed by atoms with Gasteiger partial charge in [0.25, 0.3) is 0 Å². The highest BCUT2D eigenvalue weighted by molar-refractivity contribution is 5.49. The summed E-state index contributed by atoms with van der Waals surface area (Å²) in [6, 6.07) is 0.940. The fraction of sp³-hybridized carbons (Fsp3) is 0.111. The molecule has 64 valence electrons. The van der Waals surface area contributed by atoms with Gasteiger partial charge in [0, 0.05) is 5.56 Å². The van der Waals surface area contributed by atoms with Crippen LogP contribution in [0.4, 0.5) is 13.2 Å².